The van der Waals surface area contributed by atoms with E-state index in [1.807, 2.05) is 24.3 Å². The zero-order chi connectivity index (χ0) is 18.5. The van der Waals surface area contributed by atoms with Crippen LogP contribution in [0.5, 0.6) is 5.75 Å². The van der Waals surface area contributed by atoms with Crippen molar-refractivity contribution >= 4 is 35.0 Å². The molecule has 0 saturated heterocycles. The Hall–Kier alpha value is -2.58. The van der Waals surface area contributed by atoms with Crippen molar-refractivity contribution in [2.75, 3.05) is 12.4 Å². The molecule has 0 bridgehead atoms. The van der Waals surface area contributed by atoms with E-state index in [2.05, 4.69) is 20.8 Å². The summed E-state index contributed by atoms with van der Waals surface area (Å²) in [5.74, 6) is 0.517. The van der Waals surface area contributed by atoms with Gasteiger partial charge in [-0.05, 0) is 53.7 Å². The molecule has 1 N–H and O–H groups in total. The number of methoxy groups -OCH3 is 1. The van der Waals surface area contributed by atoms with Crippen LogP contribution in [-0.4, -0.2) is 38.5 Å². The van der Waals surface area contributed by atoms with Gasteiger partial charge in [-0.25, -0.2) is 0 Å². The van der Waals surface area contributed by atoms with Gasteiger partial charge in [0, 0.05) is 16.8 Å². The predicted molar refractivity (Wildman–Crippen MR) is 101 cm³/mol. The maximum atomic E-state index is 12.5. The number of halogens is 1. The second-order valence-electron chi connectivity index (χ2n) is 5.33. The van der Waals surface area contributed by atoms with E-state index >= 15 is 0 Å². The molecule has 0 aliphatic carbocycles. The standard InChI is InChI=1S/C17H16ClN5O2S/c1-11(16(24)19-13-4-3-5-15(10-13)25-2)26-17-20-21-22-23(17)14-8-6-12(18)7-9-14/h3-11H,1-2H3,(H,19,24)/t11-/m0/s1. The van der Waals surface area contributed by atoms with Gasteiger partial charge in [0.2, 0.25) is 11.1 Å². The number of amides is 1. The monoisotopic (exact) mass is 389 g/mol. The minimum atomic E-state index is -0.404. The van der Waals surface area contributed by atoms with E-state index in [0.29, 0.717) is 21.6 Å². The third-order valence-electron chi connectivity index (χ3n) is 3.50. The minimum absolute atomic E-state index is 0.158. The fraction of sp³-hybridized carbons (Fsp3) is 0.176. The van der Waals surface area contributed by atoms with Crippen LogP contribution in [0.15, 0.2) is 53.7 Å². The summed E-state index contributed by atoms with van der Waals surface area (Å²) in [6.45, 7) is 1.79. The smallest absolute Gasteiger partial charge is 0.237 e. The van der Waals surface area contributed by atoms with Crippen LogP contribution in [0.2, 0.25) is 5.02 Å². The molecule has 3 rings (SSSR count). The first-order valence-corrected chi connectivity index (χ1v) is 8.98. The summed E-state index contributed by atoms with van der Waals surface area (Å²) < 4.78 is 6.73. The Balaban J connectivity index is 1.70. The molecule has 0 fully saturated rings. The van der Waals surface area contributed by atoms with Crippen molar-refractivity contribution in [3.8, 4) is 11.4 Å². The van der Waals surface area contributed by atoms with Gasteiger partial charge in [-0.3, -0.25) is 4.79 Å². The fourth-order valence-corrected chi connectivity index (χ4v) is 3.09. The second-order valence-corrected chi connectivity index (χ2v) is 7.08. The molecule has 0 unspecified atom stereocenters. The highest BCUT2D eigenvalue weighted by Gasteiger charge is 2.19. The van der Waals surface area contributed by atoms with Crippen molar-refractivity contribution in [3.63, 3.8) is 0 Å². The number of anilines is 1. The number of benzene rings is 2. The van der Waals surface area contributed by atoms with Gasteiger partial charge in [0.05, 0.1) is 18.0 Å². The quantitative estimate of drug-likeness (QED) is 0.650. The van der Waals surface area contributed by atoms with Crippen LogP contribution >= 0.6 is 23.4 Å². The maximum absolute atomic E-state index is 12.5. The molecule has 0 spiro atoms. The Bertz CT molecular complexity index is 900. The van der Waals surface area contributed by atoms with E-state index in [4.69, 9.17) is 16.3 Å². The first-order valence-electron chi connectivity index (χ1n) is 7.72. The number of hydrogen-bond donors (Lipinski definition) is 1. The molecular formula is C17H16ClN5O2S. The van der Waals surface area contributed by atoms with E-state index in [1.165, 1.54) is 11.8 Å². The fourth-order valence-electron chi connectivity index (χ4n) is 2.15. The van der Waals surface area contributed by atoms with Crippen molar-refractivity contribution in [2.24, 2.45) is 0 Å². The van der Waals surface area contributed by atoms with Gasteiger partial charge in [0.1, 0.15) is 5.75 Å². The first-order chi connectivity index (χ1) is 12.6. The highest BCUT2D eigenvalue weighted by molar-refractivity contribution is 8.00. The van der Waals surface area contributed by atoms with Gasteiger partial charge in [0.15, 0.2) is 0 Å². The molecular weight excluding hydrogens is 374 g/mol. The van der Waals surface area contributed by atoms with Crippen LogP contribution in [0, 0.1) is 0 Å². The Morgan fingerprint density at radius 1 is 1.27 bits per heavy atom. The van der Waals surface area contributed by atoms with Gasteiger partial charge in [0.25, 0.3) is 0 Å². The third-order valence-corrected chi connectivity index (χ3v) is 4.79. The van der Waals surface area contributed by atoms with Gasteiger partial charge >= 0.3 is 0 Å². The van der Waals surface area contributed by atoms with Gasteiger partial charge in [-0.1, -0.05) is 29.4 Å². The highest BCUT2D eigenvalue weighted by atomic mass is 35.5. The molecule has 1 amide bonds. The van der Waals surface area contributed by atoms with Gasteiger partial charge in [-0.15, -0.1) is 5.10 Å². The van der Waals surface area contributed by atoms with Crippen LogP contribution in [0.1, 0.15) is 6.92 Å². The number of hydrogen-bond acceptors (Lipinski definition) is 6. The Morgan fingerprint density at radius 3 is 2.77 bits per heavy atom. The topological polar surface area (TPSA) is 81.9 Å². The van der Waals surface area contributed by atoms with Gasteiger partial charge in [-0.2, -0.15) is 4.68 Å². The van der Waals surface area contributed by atoms with Crippen LogP contribution in [0.3, 0.4) is 0 Å². The van der Waals surface area contributed by atoms with E-state index in [0.717, 1.165) is 5.69 Å². The maximum Gasteiger partial charge on any atom is 0.237 e. The summed E-state index contributed by atoms with van der Waals surface area (Å²) in [5, 5.41) is 15.3. The lowest BCUT2D eigenvalue weighted by molar-refractivity contribution is -0.115. The Kier molecular flexibility index (Phi) is 5.75. The molecule has 3 aromatic rings. The molecule has 0 radical (unpaired) electrons. The number of ether oxygens (including phenoxy) is 1. The SMILES string of the molecule is COc1cccc(NC(=O)[C@H](C)Sc2nnnn2-c2ccc(Cl)cc2)c1. The zero-order valence-electron chi connectivity index (χ0n) is 14.1. The van der Waals surface area contributed by atoms with Gasteiger partial charge < -0.3 is 10.1 Å². The van der Waals surface area contributed by atoms with Crippen molar-refractivity contribution < 1.29 is 9.53 Å². The predicted octanol–water partition coefficient (Wildman–Crippen LogP) is 3.44. The lowest BCUT2D eigenvalue weighted by Crippen LogP contribution is -2.22. The van der Waals surface area contributed by atoms with Crippen molar-refractivity contribution in [1.29, 1.82) is 0 Å². The van der Waals surface area contributed by atoms with Crippen molar-refractivity contribution in [2.45, 2.75) is 17.3 Å². The number of carbonyl (C=O) groups excluding carboxylic acids is 1. The molecule has 2 aromatic carbocycles. The Labute approximate surface area is 159 Å². The van der Waals surface area contributed by atoms with E-state index in [-0.39, 0.29) is 5.91 Å². The molecule has 0 saturated carbocycles. The van der Waals surface area contributed by atoms with Crippen molar-refractivity contribution in [1.82, 2.24) is 20.2 Å². The lowest BCUT2D eigenvalue weighted by Gasteiger charge is -2.12. The number of nitrogens with one attached hydrogen (secondary N) is 1. The Morgan fingerprint density at radius 2 is 2.04 bits per heavy atom. The number of tetrazole rings is 1. The number of aromatic nitrogens is 4. The molecule has 7 nitrogen and oxygen atoms in total. The number of nitrogens with zero attached hydrogens (tertiary/aromatic N) is 4. The average Bonchev–Trinajstić information content (AvgIpc) is 3.10. The van der Waals surface area contributed by atoms with E-state index in [1.54, 1.807) is 43.0 Å². The largest absolute Gasteiger partial charge is 0.497 e. The third kappa shape index (κ3) is 4.33. The summed E-state index contributed by atoms with van der Waals surface area (Å²) in [5.41, 5.74) is 1.43. The number of carbonyl (C=O) groups is 1. The summed E-state index contributed by atoms with van der Waals surface area (Å²) in [4.78, 5) is 12.5. The van der Waals surface area contributed by atoms with Crippen LogP contribution < -0.4 is 10.1 Å². The molecule has 0 aliphatic rings. The summed E-state index contributed by atoms with van der Waals surface area (Å²) in [6, 6.07) is 14.3. The second kappa shape index (κ2) is 8.20. The van der Waals surface area contributed by atoms with Crippen LogP contribution in [0.4, 0.5) is 5.69 Å². The first kappa shape index (κ1) is 18.2. The number of thioether (sulfide) groups is 1. The summed E-state index contributed by atoms with van der Waals surface area (Å²) in [6.07, 6.45) is 0. The minimum Gasteiger partial charge on any atom is -0.497 e. The molecule has 26 heavy (non-hydrogen) atoms. The number of rotatable bonds is 6. The van der Waals surface area contributed by atoms with E-state index in [9.17, 15) is 4.79 Å². The molecule has 1 aromatic heterocycles. The molecule has 9 heteroatoms. The lowest BCUT2D eigenvalue weighted by atomic mass is 10.3. The van der Waals surface area contributed by atoms with E-state index < -0.39 is 5.25 Å². The van der Waals surface area contributed by atoms with Crippen LogP contribution in [0.25, 0.3) is 5.69 Å². The van der Waals surface area contributed by atoms with Crippen LogP contribution in [-0.2, 0) is 4.79 Å². The zero-order valence-corrected chi connectivity index (χ0v) is 15.7. The highest BCUT2D eigenvalue weighted by Crippen LogP contribution is 2.25. The van der Waals surface area contributed by atoms with Crippen molar-refractivity contribution in [3.05, 3.63) is 53.6 Å². The molecule has 134 valence electrons. The normalized spacial score (nSPS) is 11.8. The molecule has 1 heterocycles. The summed E-state index contributed by atoms with van der Waals surface area (Å²) in [7, 11) is 1.58. The molecule has 1 atom stereocenters. The molecule has 0 aliphatic heterocycles. The average molecular weight is 390 g/mol. The summed E-state index contributed by atoms with van der Waals surface area (Å²) >= 11 is 7.17.